The predicted octanol–water partition coefficient (Wildman–Crippen LogP) is 4.69. The number of carbonyl (C=O) groups is 1. The highest BCUT2D eigenvalue weighted by atomic mass is 79.9. The molecule has 0 radical (unpaired) electrons. The Morgan fingerprint density at radius 2 is 2.29 bits per heavy atom. The molecule has 24 heavy (non-hydrogen) atoms. The van der Waals surface area contributed by atoms with Crippen LogP contribution in [0, 0.1) is 0 Å². The fraction of sp³-hybridized carbons (Fsp3) is 0.222. The Morgan fingerprint density at radius 1 is 1.38 bits per heavy atom. The summed E-state index contributed by atoms with van der Waals surface area (Å²) >= 11 is 5.00. The fourth-order valence-electron chi connectivity index (χ4n) is 2.98. The number of aryl methyl sites for hydroxylation is 1. The molecule has 1 aromatic carbocycles. The standard InChI is InChI=1S/C18H15BrN2O2S/c19-13-5-6-15-12(9-13)3-1-7-21(15)17(22)10-14-11-24-18(20-14)16-4-2-8-23-16/h2,4-6,8-9,11H,1,3,7,10H2. The van der Waals surface area contributed by atoms with Crippen molar-refractivity contribution in [3.8, 4) is 10.8 Å². The third-order valence-electron chi connectivity index (χ3n) is 4.08. The van der Waals surface area contributed by atoms with E-state index in [1.54, 1.807) is 6.26 Å². The lowest BCUT2D eigenvalue weighted by molar-refractivity contribution is -0.118. The van der Waals surface area contributed by atoms with Crippen LogP contribution in [-0.4, -0.2) is 17.4 Å². The molecule has 0 N–H and O–H groups in total. The summed E-state index contributed by atoms with van der Waals surface area (Å²) in [4.78, 5) is 19.2. The van der Waals surface area contributed by atoms with E-state index in [1.165, 1.54) is 16.9 Å². The van der Waals surface area contributed by atoms with Crippen LogP contribution in [0.1, 0.15) is 17.7 Å². The Bertz CT molecular complexity index is 873. The van der Waals surface area contributed by atoms with Crippen LogP contribution in [0.25, 0.3) is 10.8 Å². The second kappa shape index (κ2) is 6.53. The summed E-state index contributed by atoms with van der Waals surface area (Å²) in [6, 6.07) is 9.83. The van der Waals surface area contributed by atoms with Crippen LogP contribution in [0.3, 0.4) is 0 Å². The van der Waals surface area contributed by atoms with Crippen molar-refractivity contribution < 1.29 is 9.21 Å². The number of rotatable bonds is 3. The zero-order valence-corrected chi connectivity index (χ0v) is 15.3. The van der Waals surface area contributed by atoms with Gasteiger partial charge in [-0.05, 0) is 48.7 Å². The summed E-state index contributed by atoms with van der Waals surface area (Å²) in [5.41, 5.74) is 3.04. The number of carbonyl (C=O) groups excluding carboxylic acids is 1. The monoisotopic (exact) mass is 402 g/mol. The Balaban J connectivity index is 1.53. The average molecular weight is 403 g/mol. The van der Waals surface area contributed by atoms with E-state index in [0.29, 0.717) is 6.42 Å². The third-order valence-corrected chi connectivity index (χ3v) is 5.48. The second-order valence-electron chi connectivity index (χ2n) is 5.72. The number of hydrogen-bond donors (Lipinski definition) is 0. The van der Waals surface area contributed by atoms with Crippen LogP contribution in [0.15, 0.2) is 50.9 Å². The van der Waals surface area contributed by atoms with Crippen molar-refractivity contribution >= 4 is 38.9 Å². The molecule has 0 unspecified atom stereocenters. The molecule has 0 spiro atoms. The van der Waals surface area contributed by atoms with Crippen molar-refractivity contribution in [1.29, 1.82) is 0 Å². The minimum absolute atomic E-state index is 0.0922. The van der Waals surface area contributed by atoms with Crippen molar-refractivity contribution in [2.24, 2.45) is 0 Å². The maximum absolute atomic E-state index is 12.8. The van der Waals surface area contributed by atoms with Gasteiger partial charge in [-0.15, -0.1) is 11.3 Å². The highest BCUT2D eigenvalue weighted by Crippen LogP contribution is 2.30. The minimum atomic E-state index is 0.0922. The zero-order chi connectivity index (χ0) is 16.5. The molecule has 6 heteroatoms. The van der Waals surface area contributed by atoms with E-state index in [0.717, 1.165) is 46.0 Å². The predicted molar refractivity (Wildman–Crippen MR) is 98.3 cm³/mol. The molecule has 4 rings (SSSR count). The van der Waals surface area contributed by atoms with Gasteiger partial charge in [-0.25, -0.2) is 4.98 Å². The van der Waals surface area contributed by atoms with Crippen LogP contribution in [0.2, 0.25) is 0 Å². The van der Waals surface area contributed by atoms with Gasteiger partial charge in [0.2, 0.25) is 5.91 Å². The lowest BCUT2D eigenvalue weighted by Gasteiger charge is -2.29. The summed E-state index contributed by atoms with van der Waals surface area (Å²) in [6.45, 7) is 0.767. The molecule has 2 aromatic heterocycles. The number of amides is 1. The van der Waals surface area contributed by atoms with E-state index in [4.69, 9.17) is 4.42 Å². The topological polar surface area (TPSA) is 46.3 Å². The molecule has 1 aliphatic heterocycles. The number of aromatic nitrogens is 1. The van der Waals surface area contributed by atoms with Crippen molar-refractivity contribution in [3.05, 3.63) is 57.7 Å². The maximum Gasteiger partial charge on any atom is 0.233 e. The summed E-state index contributed by atoms with van der Waals surface area (Å²) in [5.74, 6) is 0.835. The van der Waals surface area contributed by atoms with Gasteiger partial charge in [-0.1, -0.05) is 15.9 Å². The SMILES string of the molecule is O=C(Cc1csc(-c2ccco2)n1)N1CCCc2cc(Br)ccc21. The number of thiazole rings is 1. The molecule has 0 bridgehead atoms. The van der Waals surface area contributed by atoms with Gasteiger partial charge in [0.1, 0.15) is 0 Å². The lowest BCUT2D eigenvalue weighted by Crippen LogP contribution is -2.36. The largest absolute Gasteiger partial charge is 0.462 e. The lowest BCUT2D eigenvalue weighted by atomic mass is 10.0. The molecule has 0 saturated carbocycles. The normalized spacial score (nSPS) is 13.8. The molecule has 0 saturated heterocycles. The number of hydrogen-bond acceptors (Lipinski definition) is 4. The van der Waals surface area contributed by atoms with Crippen molar-refractivity contribution in [2.75, 3.05) is 11.4 Å². The van der Waals surface area contributed by atoms with Crippen LogP contribution < -0.4 is 4.90 Å². The summed E-state index contributed by atoms with van der Waals surface area (Å²) in [5, 5.41) is 2.74. The number of benzene rings is 1. The van der Waals surface area contributed by atoms with Gasteiger partial charge in [0.05, 0.1) is 18.4 Å². The molecule has 4 nitrogen and oxygen atoms in total. The Morgan fingerprint density at radius 3 is 3.12 bits per heavy atom. The number of anilines is 1. The van der Waals surface area contributed by atoms with Gasteiger partial charge < -0.3 is 9.32 Å². The Hall–Kier alpha value is -1.92. The number of nitrogens with zero attached hydrogens (tertiary/aromatic N) is 2. The quantitative estimate of drug-likeness (QED) is 0.638. The maximum atomic E-state index is 12.8. The molecular formula is C18H15BrN2O2S. The molecule has 122 valence electrons. The molecule has 1 aliphatic rings. The van der Waals surface area contributed by atoms with E-state index >= 15 is 0 Å². The first-order chi connectivity index (χ1) is 11.7. The van der Waals surface area contributed by atoms with E-state index in [9.17, 15) is 4.79 Å². The zero-order valence-electron chi connectivity index (χ0n) is 12.9. The van der Waals surface area contributed by atoms with Gasteiger partial charge in [0.25, 0.3) is 0 Å². The smallest absolute Gasteiger partial charge is 0.233 e. The second-order valence-corrected chi connectivity index (χ2v) is 7.49. The van der Waals surface area contributed by atoms with Crippen molar-refractivity contribution in [2.45, 2.75) is 19.3 Å². The Labute approximate surface area is 152 Å². The first-order valence-electron chi connectivity index (χ1n) is 7.78. The number of furan rings is 1. The average Bonchev–Trinajstić information content (AvgIpc) is 3.25. The molecule has 0 atom stereocenters. The van der Waals surface area contributed by atoms with Crippen LogP contribution in [0.4, 0.5) is 5.69 Å². The summed E-state index contributed by atoms with van der Waals surface area (Å²) < 4.78 is 6.41. The summed E-state index contributed by atoms with van der Waals surface area (Å²) in [7, 11) is 0. The van der Waals surface area contributed by atoms with Crippen molar-refractivity contribution in [1.82, 2.24) is 4.98 Å². The highest BCUT2D eigenvalue weighted by molar-refractivity contribution is 9.10. The fourth-order valence-corrected chi connectivity index (χ4v) is 4.17. The van der Waals surface area contributed by atoms with E-state index in [-0.39, 0.29) is 5.91 Å². The van der Waals surface area contributed by atoms with Gasteiger partial charge in [-0.3, -0.25) is 4.79 Å². The Kier molecular flexibility index (Phi) is 4.24. The minimum Gasteiger partial charge on any atom is -0.462 e. The molecule has 0 fully saturated rings. The van der Waals surface area contributed by atoms with Gasteiger partial charge >= 0.3 is 0 Å². The van der Waals surface area contributed by atoms with Crippen LogP contribution in [-0.2, 0) is 17.6 Å². The molecule has 0 aliphatic carbocycles. The van der Waals surface area contributed by atoms with Crippen molar-refractivity contribution in [3.63, 3.8) is 0 Å². The number of fused-ring (bicyclic) bond motifs is 1. The third kappa shape index (κ3) is 3.03. The van der Waals surface area contributed by atoms with Crippen LogP contribution >= 0.6 is 27.3 Å². The summed E-state index contributed by atoms with van der Waals surface area (Å²) in [6.07, 6.45) is 3.94. The first kappa shape index (κ1) is 15.6. The van der Waals surface area contributed by atoms with Gasteiger partial charge in [-0.2, -0.15) is 0 Å². The molecule has 3 heterocycles. The molecule has 1 amide bonds. The van der Waals surface area contributed by atoms with Gasteiger partial charge in [0, 0.05) is 22.1 Å². The first-order valence-corrected chi connectivity index (χ1v) is 9.45. The van der Waals surface area contributed by atoms with Gasteiger partial charge in [0.15, 0.2) is 10.8 Å². The van der Waals surface area contributed by atoms with E-state index in [2.05, 4.69) is 27.0 Å². The van der Waals surface area contributed by atoms with E-state index in [1.807, 2.05) is 34.5 Å². The van der Waals surface area contributed by atoms with E-state index < -0.39 is 0 Å². The molecule has 3 aromatic rings. The van der Waals surface area contributed by atoms with Crippen LogP contribution in [0.5, 0.6) is 0 Å². The number of halogens is 1. The molecular weight excluding hydrogens is 388 g/mol. The highest BCUT2D eigenvalue weighted by Gasteiger charge is 2.23.